The second kappa shape index (κ2) is 7.04. The number of ether oxygens (including phenoxy) is 1. The van der Waals surface area contributed by atoms with Crippen LogP contribution in [-0.4, -0.2) is 29.8 Å². The summed E-state index contributed by atoms with van der Waals surface area (Å²) in [6.07, 6.45) is 0.455. The molecule has 0 amide bonds. The number of nitro groups is 1. The van der Waals surface area contributed by atoms with Gasteiger partial charge in [0.2, 0.25) is 0 Å². The molecule has 0 spiro atoms. The van der Waals surface area contributed by atoms with Gasteiger partial charge in [0, 0.05) is 18.7 Å². The Morgan fingerprint density at radius 3 is 2.60 bits per heavy atom. The van der Waals surface area contributed by atoms with Gasteiger partial charge in [-0.2, -0.15) is 0 Å². The minimum atomic E-state index is -0.721. The van der Waals surface area contributed by atoms with Crippen LogP contribution in [0.2, 0.25) is 0 Å². The predicted octanol–water partition coefficient (Wildman–Crippen LogP) is 2.56. The first-order valence-electron chi connectivity index (χ1n) is 6.30. The first-order chi connectivity index (χ1) is 9.40. The van der Waals surface area contributed by atoms with Crippen LogP contribution in [0.4, 0.5) is 15.8 Å². The molecule has 1 aromatic carbocycles. The average Bonchev–Trinajstić information content (AvgIpc) is 2.39. The normalized spacial score (nSPS) is 12.3. The van der Waals surface area contributed by atoms with Crippen molar-refractivity contribution in [2.45, 2.75) is 26.3 Å². The van der Waals surface area contributed by atoms with Crippen molar-refractivity contribution in [2.24, 2.45) is 5.92 Å². The molecule has 0 bridgehead atoms. The number of hydrogen-bond acceptors (Lipinski definition) is 5. The van der Waals surface area contributed by atoms with Gasteiger partial charge in [-0.25, -0.2) is 4.39 Å². The van der Waals surface area contributed by atoms with Crippen molar-refractivity contribution in [3.05, 3.63) is 28.1 Å². The van der Waals surface area contributed by atoms with Gasteiger partial charge in [0.1, 0.15) is 0 Å². The van der Waals surface area contributed by atoms with E-state index in [9.17, 15) is 14.5 Å². The highest BCUT2D eigenvalue weighted by molar-refractivity contribution is 5.59. The van der Waals surface area contributed by atoms with Crippen LogP contribution in [0.3, 0.4) is 0 Å². The SMILES string of the molecule is COc1cc(N[C@@H](CCO)C(C)C)c(F)cc1[N+](=O)[O-]. The molecule has 0 radical (unpaired) electrons. The number of anilines is 1. The van der Waals surface area contributed by atoms with Gasteiger partial charge in [0.05, 0.1) is 23.8 Å². The third-order valence-electron chi connectivity index (χ3n) is 3.05. The molecule has 0 aliphatic rings. The van der Waals surface area contributed by atoms with Gasteiger partial charge in [-0.3, -0.25) is 10.1 Å². The summed E-state index contributed by atoms with van der Waals surface area (Å²) in [5.74, 6) is -0.561. The molecule has 7 heteroatoms. The molecular formula is C13H19FN2O4. The molecule has 0 saturated heterocycles. The fraction of sp³-hybridized carbons (Fsp3) is 0.538. The van der Waals surface area contributed by atoms with Crippen molar-refractivity contribution < 1.29 is 19.2 Å². The Morgan fingerprint density at radius 1 is 1.50 bits per heavy atom. The molecule has 0 aliphatic carbocycles. The summed E-state index contributed by atoms with van der Waals surface area (Å²) in [5.41, 5.74) is -0.293. The van der Waals surface area contributed by atoms with E-state index in [0.29, 0.717) is 6.42 Å². The van der Waals surface area contributed by atoms with Gasteiger partial charge in [-0.05, 0) is 12.3 Å². The minimum Gasteiger partial charge on any atom is -0.490 e. The van der Waals surface area contributed by atoms with Crippen molar-refractivity contribution in [3.63, 3.8) is 0 Å². The van der Waals surface area contributed by atoms with E-state index in [2.05, 4.69) is 5.32 Å². The van der Waals surface area contributed by atoms with Gasteiger partial charge >= 0.3 is 5.69 Å². The number of benzene rings is 1. The summed E-state index contributed by atoms with van der Waals surface area (Å²) < 4.78 is 18.8. The third kappa shape index (κ3) is 3.80. The Morgan fingerprint density at radius 2 is 2.15 bits per heavy atom. The molecule has 1 aromatic rings. The largest absolute Gasteiger partial charge is 0.490 e. The van der Waals surface area contributed by atoms with Crippen LogP contribution in [0.1, 0.15) is 20.3 Å². The highest BCUT2D eigenvalue weighted by Gasteiger charge is 2.21. The van der Waals surface area contributed by atoms with E-state index in [1.54, 1.807) is 0 Å². The Labute approximate surface area is 116 Å². The van der Waals surface area contributed by atoms with E-state index in [0.717, 1.165) is 6.07 Å². The lowest BCUT2D eigenvalue weighted by atomic mass is 10.0. The molecular weight excluding hydrogens is 267 g/mol. The zero-order valence-electron chi connectivity index (χ0n) is 11.7. The van der Waals surface area contributed by atoms with Crippen LogP contribution in [0.25, 0.3) is 0 Å². The maximum atomic E-state index is 13.9. The molecule has 0 fully saturated rings. The average molecular weight is 286 g/mol. The Kier molecular flexibility index (Phi) is 5.69. The van der Waals surface area contributed by atoms with Crippen LogP contribution in [-0.2, 0) is 0 Å². The molecule has 0 heterocycles. The van der Waals surface area contributed by atoms with E-state index in [1.165, 1.54) is 13.2 Å². The van der Waals surface area contributed by atoms with Crippen LogP contribution in [0.5, 0.6) is 5.75 Å². The quantitative estimate of drug-likeness (QED) is 0.594. The fourth-order valence-electron chi connectivity index (χ4n) is 1.87. The lowest BCUT2D eigenvalue weighted by molar-refractivity contribution is -0.385. The maximum absolute atomic E-state index is 13.9. The third-order valence-corrected chi connectivity index (χ3v) is 3.05. The molecule has 0 aromatic heterocycles. The molecule has 0 saturated carbocycles. The highest BCUT2D eigenvalue weighted by atomic mass is 19.1. The number of aliphatic hydroxyl groups is 1. The molecule has 0 aliphatic heterocycles. The second-order valence-electron chi connectivity index (χ2n) is 4.77. The zero-order chi connectivity index (χ0) is 15.3. The molecule has 112 valence electrons. The summed E-state index contributed by atoms with van der Waals surface area (Å²) in [4.78, 5) is 10.1. The van der Waals surface area contributed by atoms with Crippen LogP contribution in [0.15, 0.2) is 12.1 Å². The summed E-state index contributed by atoms with van der Waals surface area (Å²) >= 11 is 0. The minimum absolute atomic E-state index is 0.00888. The van der Waals surface area contributed by atoms with Gasteiger partial charge in [-0.15, -0.1) is 0 Å². The van der Waals surface area contributed by atoms with Gasteiger partial charge in [0.15, 0.2) is 11.6 Å². The summed E-state index contributed by atoms with van der Waals surface area (Å²) in [6.45, 7) is 3.85. The number of aliphatic hydroxyl groups excluding tert-OH is 1. The van der Waals surface area contributed by atoms with Gasteiger partial charge < -0.3 is 15.2 Å². The molecule has 20 heavy (non-hydrogen) atoms. The van der Waals surface area contributed by atoms with Crippen LogP contribution < -0.4 is 10.1 Å². The summed E-state index contributed by atoms with van der Waals surface area (Å²) in [6, 6.07) is 1.96. The predicted molar refractivity (Wildman–Crippen MR) is 73.6 cm³/mol. The standard InChI is InChI=1S/C13H19FN2O4/c1-8(2)10(4-5-17)15-11-7-13(20-3)12(16(18)19)6-9(11)14/h6-8,10,15,17H,4-5H2,1-3H3/t10-/m0/s1. The number of rotatable bonds is 7. The van der Waals surface area contributed by atoms with E-state index < -0.39 is 16.4 Å². The van der Waals surface area contributed by atoms with Crippen molar-refractivity contribution >= 4 is 11.4 Å². The lowest BCUT2D eigenvalue weighted by Crippen LogP contribution is -2.27. The Hall–Kier alpha value is -1.89. The topological polar surface area (TPSA) is 84.6 Å². The molecule has 1 rings (SSSR count). The lowest BCUT2D eigenvalue weighted by Gasteiger charge is -2.23. The smallest absolute Gasteiger partial charge is 0.313 e. The number of halogens is 1. The van der Waals surface area contributed by atoms with Gasteiger partial charge in [-0.1, -0.05) is 13.8 Å². The number of nitrogens with zero attached hydrogens (tertiary/aromatic N) is 1. The summed E-state index contributed by atoms with van der Waals surface area (Å²) in [7, 11) is 1.29. The Bertz CT molecular complexity index is 480. The monoisotopic (exact) mass is 286 g/mol. The van der Waals surface area contributed by atoms with Crippen molar-refractivity contribution in [1.29, 1.82) is 0 Å². The molecule has 1 atom stereocenters. The number of nitro benzene ring substituents is 1. The number of methoxy groups -OCH3 is 1. The van der Waals surface area contributed by atoms with E-state index in [1.807, 2.05) is 13.8 Å². The first-order valence-corrected chi connectivity index (χ1v) is 6.30. The molecule has 0 unspecified atom stereocenters. The maximum Gasteiger partial charge on any atom is 0.313 e. The van der Waals surface area contributed by atoms with E-state index in [-0.39, 0.29) is 30.0 Å². The second-order valence-corrected chi connectivity index (χ2v) is 4.77. The molecule has 2 N–H and O–H groups in total. The van der Waals surface area contributed by atoms with Crippen molar-refractivity contribution in [1.82, 2.24) is 0 Å². The van der Waals surface area contributed by atoms with Gasteiger partial charge in [0.25, 0.3) is 0 Å². The first kappa shape index (κ1) is 16.2. The van der Waals surface area contributed by atoms with Crippen molar-refractivity contribution in [2.75, 3.05) is 19.0 Å². The summed E-state index contributed by atoms with van der Waals surface area (Å²) in [5, 5.41) is 22.7. The van der Waals surface area contributed by atoms with Crippen LogP contribution >= 0.6 is 0 Å². The number of nitrogens with one attached hydrogen (secondary N) is 1. The van der Waals surface area contributed by atoms with E-state index >= 15 is 0 Å². The zero-order valence-corrected chi connectivity index (χ0v) is 11.7. The van der Waals surface area contributed by atoms with Crippen LogP contribution in [0, 0.1) is 21.8 Å². The van der Waals surface area contributed by atoms with Crippen molar-refractivity contribution in [3.8, 4) is 5.75 Å². The fourth-order valence-corrected chi connectivity index (χ4v) is 1.87. The molecule has 6 nitrogen and oxygen atoms in total. The number of hydrogen-bond donors (Lipinski definition) is 2. The Balaban J connectivity index is 3.09. The van der Waals surface area contributed by atoms with E-state index in [4.69, 9.17) is 9.84 Å². The highest BCUT2D eigenvalue weighted by Crippen LogP contribution is 2.33.